The summed E-state index contributed by atoms with van der Waals surface area (Å²) in [6.45, 7) is 0.972. The van der Waals surface area contributed by atoms with Crippen molar-refractivity contribution >= 4 is 5.97 Å². The standard InChI is InChI=1S/C2H4O2.4H3N.Pd/c1-2(3)4;;;;;/h1H3,(H,3,4);4*1H3;/q;;;;;+2/p+3. The average Bonchev–Trinajstić information content (AvgIpc) is 0.811. The van der Waals surface area contributed by atoms with Crippen molar-refractivity contribution in [3.05, 3.63) is 0 Å². The molecule has 0 radical (unpaired) electrons. The van der Waals surface area contributed by atoms with Crippen molar-refractivity contribution < 1.29 is 30.3 Å². The Kier molecular flexibility index (Phi) is 315. The first kappa shape index (κ1) is 64.5. The molecule has 0 atom stereocenters. The number of hydrogen-bond acceptors (Lipinski definition) is 2. The summed E-state index contributed by atoms with van der Waals surface area (Å²) in [7, 11) is 0. The fraction of sp³-hybridized carbons (Fsp3) is 0.500. The second kappa shape index (κ2) is 43.9. The fourth-order valence-corrected chi connectivity index (χ4v) is 0. The van der Waals surface area contributed by atoms with Gasteiger partial charge in [0.15, 0.2) is 0 Å². The first-order valence-corrected chi connectivity index (χ1v) is 0.908. The van der Waals surface area contributed by atoms with Gasteiger partial charge in [-0.25, -0.2) is 0 Å². The maximum atomic E-state index is 8.89. The molecule has 0 spiro atoms. The van der Waals surface area contributed by atoms with Crippen molar-refractivity contribution in [3.63, 3.8) is 0 Å². The van der Waals surface area contributed by atoms with Gasteiger partial charge < -0.3 is 34.5 Å². The van der Waals surface area contributed by atoms with Crippen LogP contribution >= 0.6 is 0 Å². The number of rotatable bonds is 0. The largest absolute Gasteiger partial charge is 2.00 e. The van der Waals surface area contributed by atoms with Crippen LogP contribution in [-0.4, -0.2) is 5.97 Å². The maximum absolute atomic E-state index is 8.89. The van der Waals surface area contributed by atoms with Crippen molar-refractivity contribution in [1.82, 2.24) is 24.6 Å². The summed E-state index contributed by atoms with van der Waals surface area (Å²) in [5.74, 6) is -1.08. The number of aliphatic carboxylic acids is 1. The zero-order valence-corrected chi connectivity index (χ0v) is 8.19. The van der Waals surface area contributed by atoms with Gasteiger partial charge in [0, 0.05) is 5.97 Å². The number of carbonyl (C=O) groups excluding carboxylic acids is 1. The zero-order valence-electron chi connectivity index (χ0n) is 6.63. The van der Waals surface area contributed by atoms with Crippen molar-refractivity contribution in [2.24, 2.45) is 0 Å². The Bertz CT molecular complexity index is 39.5. The van der Waals surface area contributed by atoms with Crippen molar-refractivity contribution in [2.75, 3.05) is 0 Å². The third kappa shape index (κ3) is 372000. The summed E-state index contributed by atoms with van der Waals surface area (Å²) in [6.07, 6.45) is 0. The van der Waals surface area contributed by atoms with Gasteiger partial charge in [-0.15, -0.1) is 0 Å². The van der Waals surface area contributed by atoms with Gasteiger partial charge in [0.25, 0.3) is 0 Å². The molecular formula is C2H19N4O2Pd+5. The molecule has 0 aliphatic rings. The van der Waals surface area contributed by atoms with Crippen LogP contribution in [0.3, 0.4) is 0 Å². The van der Waals surface area contributed by atoms with E-state index in [2.05, 4.69) is 0 Å². The summed E-state index contributed by atoms with van der Waals surface area (Å²) in [5, 5.41) is 8.89. The summed E-state index contributed by atoms with van der Waals surface area (Å²) < 4.78 is 0. The molecule has 0 saturated carbocycles. The quantitative estimate of drug-likeness (QED) is 0.440. The molecule has 0 amide bonds. The molecule has 0 aliphatic carbocycles. The molecule has 0 aromatic rings. The van der Waals surface area contributed by atoms with Crippen molar-refractivity contribution in [2.45, 2.75) is 6.92 Å². The van der Waals surface area contributed by atoms with Gasteiger partial charge in [-0.2, -0.15) is 0 Å². The predicted octanol–water partition coefficient (Wildman–Crippen LogP) is 0.258. The SMILES string of the molecule is CC(=O)[O-].[NH4+].[NH4+].[NH4+].[NH4+].[Pd+2]. The van der Waals surface area contributed by atoms with E-state index < -0.39 is 5.97 Å². The smallest absolute Gasteiger partial charge is 0.550 e. The molecule has 6 nitrogen and oxygen atoms in total. The van der Waals surface area contributed by atoms with Gasteiger partial charge in [0.1, 0.15) is 0 Å². The second-order valence-corrected chi connectivity index (χ2v) is 0.492. The van der Waals surface area contributed by atoms with Gasteiger partial charge in [-0.05, 0) is 6.92 Å². The number of quaternary nitrogens is 4. The molecular weight excluding hydrogens is 218 g/mol. The second-order valence-electron chi connectivity index (χ2n) is 0.492. The third-order valence-electron chi connectivity index (χ3n) is 0. The average molecular weight is 238 g/mol. The van der Waals surface area contributed by atoms with E-state index in [-0.39, 0.29) is 45.0 Å². The Balaban J connectivity index is -0.00000000450. The van der Waals surface area contributed by atoms with Crippen LogP contribution in [0.1, 0.15) is 6.92 Å². The Morgan fingerprint density at radius 2 is 1.11 bits per heavy atom. The Labute approximate surface area is 68.4 Å². The van der Waals surface area contributed by atoms with Crippen LogP contribution in [0.15, 0.2) is 0 Å². The summed E-state index contributed by atoms with van der Waals surface area (Å²) >= 11 is 0. The topological polar surface area (TPSA) is 186 Å². The maximum Gasteiger partial charge on any atom is 2.00 e. The van der Waals surface area contributed by atoms with Gasteiger partial charge in [0.2, 0.25) is 0 Å². The van der Waals surface area contributed by atoms with Gasteiger partial charge >= 0.3 is 20.4 Å². The van der Waals surface area contributed by atoms with Gasteiger partial charge in [-0.1, -0.05) is 0 Å². The minimum atomic E-state index is -1.08. The molecule has 0 bridgehead atoms. The Hall–Kier alpha value is -0.0277. The van der Waals surface area contributed by atoms with Gasteiger partial charge in [0.05, 0.1) is 0 Å². The van der Waals surface area contributed by atoms with E-state index in [0.717, 1.165) is 6.92 Å². The third-order valence-corrected chi connectivity index (χ3v) is 0. The number of carbonyl (C=O) groups is 1. The van der Waals surface area contributed by atoms with Gasteiger partial charge in [-0.3, -0.25) is 0 Å². The van der Waals surface area contributed by atoms with E-state index >= 15 is 0 Å². The van der Waals surface area contributed by atoms with Crippen molar-refractivity contribution in [1.29, 1.82) is 0 Å². The molecule has 0 aromatic heterocycles. The van der Waals surface area contributed by atoms with E-state index in [1.807, 2.05) is 0 Å². The van der Waals surface area contributed by atoms with Crippen LogP contribution in [-0.2, 0) is 25.2 Å². The summed E-state index contributed by atoms with van der Waals surface area (Å²) in [4.78, 5) is 8.89. The van der Waals surface area contributed by atoms with E-state index in [1.54, 1.807) is 0 Å². The van der Waals surface area contributed by atoms with E-state index in [1.165, 1.54) is 0 Å². The van der Waals surface area contributed by atoms with Crippen LogP contribution in [0.25, 0.3) is 0 Å². The molecule has 16 N–H and O–H groups in total. The number of hydrogen-bond donors (Lipinski definition) is 4. The zero-order chi connectivity index (χ0) is 3.58. The molecule has 0 rings (SSSR count). The monoisotopic (exact) mass is 237 g/mol. The van der Waals surface area contributed by atoms with Crippen LogP contribution in [0.4, 0.5) is 0 Å². The molecule has 0 fully saturated rings. The van der Waals surface area contributed by atoms with Crippen LogP contribution in [0, 0.1) is 0 Å². The van der Waals surface area contributed by atoms with E-state index in [4.69, 9.17) is 9.90 Å². The van der Waals surface area contributed by atoms with Crippen molar-refractivity contribution in [3.8, 4) is 0 Å². The first-order chi connectivity index (χ1) is 1.73. The minimum absolute atomic E-state index is 0. The number of carboxylic acids is 1. The number of carboxylic acid groups (broad SMARTS) is 1. The van der Waals surface area contributed by atoms with Crippen LogP contribution < -0.4 is 29.7 Å². The van der Waals surface area contributed by atoms with E-state index in [0.29, 0.717) is 0 Å². The Morgan fingerprint density at radius 3 is 1.11 bits per heavy atom. The minimum Gasteiger partial charge on any atom is -0.550 e. The molecule has 0 unspecified atom stereocenters. The normalized spacial score (nSPS) is 2.78. The van der Waals surface area contributed by atoms with E-state index in [9.17, 15) is 0 Å². The van der Waals surface area contributed by atoms with Crippen LogP contribution in [0.5, 0.6) is 0 Å². The fourth-order valence-electron chi connectivity index (χ4n) is 0. The molecule has 7 heteroatoms. The molecule has 64 valence electrons. The Morgan fingerprint density at radius 1 is 1.11 bits per heavy atom. The first-order valence-electron chi connectivity index (χ1n) is 0.908. The summed E-state index contributed by atoms with van der Waals surface area (Å²) in [6, 6.07) is 0. The molecule has 9 heavy (non-hydrogen) atoms. The molecule has 0 aromatic carbocycles. The predicted molar refractivity (Wildman–Crippen MR) is 34.6 cm³/mol. The van der Waals surface area contributed by atoms with Crippen LogP contribution in [0.2, 0.25) is 0 Å². The molecule has 0 saturated heterocycles. The summed E-state index contributed by atoms with van der Waals surface area (Å²) in [5.41, 5.74) is 0. The molecule has 0 heterocycles. The molecule has 0 aliphatic heterocycles.